The summed E-state index contributed by atoms with van der Waals surface area (Å²) in [7, 11) is 0. The highest BCUT2D eigenvalue weighted by atomic mass is 16.3. The molecule has 0 saturated heterocycles. The molecule has 1 unspecified atom stereocenters. The summed E-state index contributed by atoms with van der Waals surface area (Å²) in [5.74, 6) is -0.0543. The minimum absolute atomic E-state index is 0.0533. The number of benzene rings is 1. The number of allylic oxidation sites excluding steroid dienone is 2. The van der Waals surface area contributed by atoms with Crippen molar-refractivity contribution in [3.05, 3.63) is 47.5 Å². The number of ketones is 1. The molecule has 0 saturated carbocycles. The third kappa shape index (κ3) is 2.47. The molecule has 2 heteroatoms. The fraction of sp³-hybridized carbons (Fsp3) is 0.400. The van der Waals surface area contributed by atoms with Crippen LogP contribution >= 0.6 is 0 Å². The molecule has 0 aromatic heterocycles. The van der Waals surface area contributed by atoms with Gasteiger partial charge in [0, 0.05) is 0 Å². The SMILES string of the molecule is CC1=CC(=O)[C@@H]([C@@H](O)c2ccccc2)C(C)C1. The maximum absolute atomic E-state index is 12.0. The third-order valence-corrected chi connectivity index (χ3v) is 3.46. The molecule has 0 aliphatic heterocycles. The van der Waals surface area contributed by atoms with Crippen LogP contribution in [-0.4, -0.2) is 10.9 Å². The van der Waals surface area contributed by atoms with Crippen molar-refractivity contribution in [1.82, 2.24) is 0 Å². The van der Waals surface area contributed by atoms with Gasteiger partial charge in [0.2, 0.25) is 0 Å². The first-order chi connectivity index (χ1) is 8.09. The van der Waals surface area contributed by atoms with E-state index in [1.165, 1.54) is 0 Å². The first-order valence-corrected chi connectivity index (χ1v) is 6.03. The number of rotatable bonds is 2. The van der Waals surface area contributed by atoms with E-state index in [0.717, 1.165) is 17.6 Å². The minimum atomic E-state index is -0.692. The molecule has 1 aromatic rings. The van der Waals surface area contributed by atoms with Crippen LogP contribution in [0.5, 0.6) is 0 Å². The Morgan fingerprint density at radius 3 is 2.53 bits per heavy atom. The fourth-order valence-corrected chi connectivity index (χ4v) is 2.64. The summed E-state index contributed by atoms with van der Waals surface area (Å²) < 4.78 is 0. The van der Waals surface area contributed by atoms with Gasteiger partial charge < -0.3 is 5.11 Å². The summed E-state index contributed by atoms with van der Waals surface area (Å²) in [5, 5.41) is 10.3. The summed E-state index contributed by atoms with van der Waals surface area (Å²) in [6.45, 7) is 4.00. The van der Waals surface area contributed by atoms with Gasteiger partial charge in [-0.1, -0.05) is 42.8 Å². The first kappa shape index (κ1) is 12.1. The van der Waals surface area contributed by atoms with Gasteiger partial charge in [-0.25, -0.2) is 0 Å². The molecule has 0 heterocycles. The molecule has 1 aliphatic carbocycles. The number of hydrogen-bond acceptors (Lipinski definition) is 2. The van der Waals surface area contributed by atoms with Gasteiger partial charge in [0.15, 0.2) is 5.78 Å². The van der Waals surface area contributed by atoms with E-state index in [1.807, 2.05) is 44.2 Å². The van der Waals surface area contributed by atoms with Crippen molar-refractivity contribution in [2.24, 2.45) is 11.8 Å². The van der Waals surface area contributed by atoms with Crippen molar-refractivity contribution in [2.75, 3.05) is 0 Å². The van der Waals surface area contributed by atoms with Gasteiger partial charge in [-0.2, -0.15) is 0 Å². The Morgan fingerprint density at radius 1 is 1.29 bits per heavy atom. The van der Waals surface area contributed by atoms with E-state index in [0.29, 0.717) is 0 Å². The molecule has 1 aromatic carbocycles. The zero-order valence-electron chi connectivity index (χ0n) is 10.3. The molecule has 0 fully saturated rings. The lowest BCUT2D eigenvalue weighted by molar-refractivity contribution is -0.124. The number of hydrogen-bond donors (Lipinski definition) is 1. The van der Waals surface area contributed by atoms with Gasteiger partial charge in [0.05, 0.1) is 12.0 Å². The largest absolute Gasteiger partial charge is 0.388 e. The van der Waals surface area contributed by atoms with Crippen LogP contribution in [0.25, 0.3) is 0 Å². The molecule has 1 aliphatic rings. The van der Waals surface area contributed by atoms with E-state index >= 15 is 0 Å². The van der Waals surface area contributed by atoms with E-state index in [2.05, 4.69) is 0 Å². The van der Waals surface area contributed by atoms with E-state index in [-0.39, 0.29) is 17.6 Å². The molecule has 3 atom stereocenters. The zero-order chi connectivity index (χ0) is 12.4. The average Bonchev–Trinajstić information content (AvgIpc) is 2.28. The molecular weight excluding hydrogens is 212 g/mol. The molecule has 90 valence electrons. The summed E-state index contributed by atoms with van der Waals surface area (Å²) in [6.07, 6.45) is 1.87. The Kier molecular flexibility index (Phi) is 3.43. The topological polar surface area (TPSA) is 37.3 Å². The van der Waals surface area contributed by atoms with E-state index in [9.17, 15) is 9.90 Å². The van der Waals surface area contributed by atoms with Crippen LogP contribution in [0.4, 0.5) is 0 Å². The van der Waals surface area contributed by atoms with Gasteiger partial charge in [0.25, 0.3) is 0 Å². The quantitative estimate of drug-likeness (QED) is 0.848. The standard InChI is InChI=1S/C15H18O2/c1-10-8-11(2)14(13(16)9-10)15(17)12-6-4-3-5-7-12/h3-7,9,11,14-15,17H,8H2,1-2H3/t11?,14-,15-/m0/s1. The highest BCUT2D eigenvalue weighted by molar-refractivity contribution is 5.94. The molecule has 2 nitrogen and oxygen atoms in total. The summed E-state index contributed by atoms with van der Waals surface area (Å²) in [4.78, 5) is 12.0. The number of aliphatic hydroxyl groups excluding tert-OH is 1. The van der Waals surface area contributed by atoms with Crippen molar-refractivity contribution in [3.63, 3.8) is 0 Å². The Hall–Kier alpha value is -1.41. The van der Waals surface area contributed by atoms with Gasteiger partial charge in [-0.15, -0.1) is 0 Å². The molecule has 0 spiro atoms. The Labute approximate surface area is 102 Å². The molecule has 1 N–H and O–H groups in total. The fourth-order valence-electron chi connectivity index (χ4n) is 2.64. The van der Waals surface area contributed by atoms with Crippen molar-refractivity contribution in [1.29, 1.82) is 0 Å². The average molecular weight is 230 g/mol. The van der Waals surface area contributed by atoms with Crippen molar-refractivity contribution >= 4 is 5.78 Å². The molecule has 0 bridgehead atoms. The van der Waals surface area contributed by atoms with E-state index in [1.54, 1.807) is 6.08 Å². The predicted molar refractivity (Wildman–Crippen MR) is 67.4 cm³/mol. The lowest BCUT2D eigenvalue weighted by Gasteiger charge is -2.30. The maximum atomic E-state index is 12.0. The van der Waals surface area contributed by atoms with Crippen LogP contribution in [0.15, 0.2) is 42.0 Å². The lowest BCUT2D eigenvalue weighted by atomic mass is 9.75. The second kappa shape index (κ2) is 4.84. The smallest absolute Gasteiger partial charge is 0.161 e. The van der Waals surface area contributed by atoms with E-state index < -0.39 is 6.10 Å². The number of aliphatic hydroxyl groups is 1. The van der Waals surface area contributed by atoms with Crippen LogP contribution in [0.2, 0.25) is 0 Å². The van der Waals surface area contributed by atoms with Crippen LogP contribution in [-0.2, 0) is 4.79 Å². The monoisotopic (exact) mass is 230 g/mol. The van der Waals surface area contributed by atoms with Crippen LogP contribution in [0.1, 0.15) is 31.9 Å². The summed E-state index contributed by atoms with van der Waals surface area (Å²) in [6, 6.07) is 9.42. The minimum Gasteiger partial charge on any atom is -0.388 e. The molecule has 17 heavy (non-hydrogen) atoms. The van der Waals surface area contributed by atoms with Crippen molar-refractivity contribution in [2.45, 2.75) is 26.4 Å². The van der Waals surface area contributed by atoms with Gasteiger partial charge in [0.1, 0.15) is 0 Å². The maximum Gasteiger partial charge on any atom is 0.161 e. The second-order valence-corrected chi connectivity index (χ2v) is 4.96. The van der Waals surface area contributed by atoms with Crippen molar-refractivity contribution in [3.8, 4) is 0 Å². The Balaban J connectivity index is 2.26. The number of carbonyl (C=O) groups is 1. The Morgan fingerprint density at radius 2 is 1.94 bits per heavy atom. The lowest BCUT2D eigenvalue weighted by Crippen LogP contribution is -2.30. The van der Waals surface area contributed by atoms with Gasteiger partial charge in [-0.05, 0) is 30.9 Å². The van der Waals surface area contributed by atoms with Crippen molar-refractivity contribution < 1.29 is 9.90 Å². The van der Waals surface area contributed by atoms with Crippen LogP contribution in [0, 0.1) is 11.8 Å². The van der Waals surface area contributed by atoms with Crippen LogP contribution < -0.4 is 0 Å². The second-order valence-electron chi connectivity index (χ2n) is 4.96. The molecular formula is C15H18O2. The molecule has 0 amide bonds. The van der Waals surface area contributed by atoms with Gasteiger partial charge in [-0.3, -0.25) is 4.79 Å². The first-order valence-electron chi connectivity index (χ1n) is 6.03. The Bertz CT molecular complexity index is 433. The highest BCUT2D eigenvalue weighted by Gasteiger charge is 2.34. The summed E-state index contributed by atoms with van der Waals surface area (Å²) >= 11 is 0. The van der Waals surface area contributed by atoms with E-state index in [4.69, 9.17) is 0 Å². The third-order valence-electron chi connectivity index (χ3n) is 3.46. The van der Waals surface area contributed by atoms with Gasteiger partial charge >= 0.3 is 0 Å². The highest BCUT2D eigenvalue weighted by Crippen LogP contribution is 2.35. The number of carbonyl (C=O) groups excluding carboxylic acids is 1. The molecule has 0 radical (unpaired) electrons. The zero-order valence-corrected chi connectivity index (χ0v) is 10.3. The predicted octanol–water partition coefficient (Wildman–Crippen LogP) is 2.89. The molecule has 2 rings (SSSR count). The summed E-state index contributed by atoms with van der Waals surface area (Å²) in [5.41, 5.74) is 1.93. The van der Waals surface area contributed by atoms with Crippen LogP contribution in [0.3, 0.4) is 0 Å². The normalized spacial score (nSPS) is 26.5.